The maximum Gasteiger partial charge on any atom is 0.338 e. The maximum absolute atomic E-state index is 11.9. The summed E-state index contributed by atoms with van der Waals surface area (Å²) < 4.78 is 13.2. The zero-order valence-electron chi connectivity index (χ0n) is 25.2. The lowest BCUT2D eigenvalue weighted by Crippen LogP contribution is -2.38. The highest BCUT2D eigenvalue weighted by atomic mass is 32.2. The van der Waals surface area contributed by atoms with Crippen molar-refractivity contribution >= 4 is 23.8 Å². The van der Waals surface area contributed by atoms with Crippen molar-refractivity contribution in [1.29, 1.82) is 0 Å². The number of carboxylic acids is 1. The Morgan fingerprint density at radius 3 is 2.38 bits per heavy atom. The van der Waals surface area contributed by atoms with Gasteiger partial charge in [0.2, 0.25) is 0 Å². The molecule has 0 radical (unpaired) electrons. The van der Waals surface area contributed by atoms with Gasteiger partial charge in [0.1, 0.15) is 5.03 Å². The number of nitrogens with zero attached hydrogens (tertiary/aromatic N) is 1. The molecule has 0 saturated carbocycles. The minimum absolute atomic E-state index is 0.0433. The largest absolute Gasteiger partial charge is 0.478 e. The van der Waals surface area contributed by atoms with E-state index in [1.807, 2.05) is 79.7 Å². The Kier molecular flexibility index (Phi) is 10.9. The summed E-state index contributed by atoms with van der Waals surface area (Å²) in [5.74, 6) is -0.612. The normalized spacial score (nSPS) is 19.5. The number of thioether (sulfide) groups is 1. The molecule has 4 atom stereocenters. The molecule has 45 heavy (non-hydrogen) atoms. The Hall–Kier alpha value is -4.22. The summed E-state index contributed by atoms with van der Waals surface area (Å²) >= 11 is 1.36. The molecule has 1 saturated heterocycles. The number of benzene rings is 3. The predicted molar refractivity (Wildman–Crippen MR) is 173 cm³/mol. The molecule has 2 amide bonds. The zero-order chi connectivity index (χ0) is 31.8. The molecule has 1 fully saturated rings. The van der Waals surface area contributed by atoms with Gasteiger partial charge in [0.15, 0.2) is 6.29 Å². The lowest BCUT2D eigenvalue weighted by Gasteiger charge is -2.41. The number of nitrogens with one attached hydrogen (secondary N) is 2. The van der Waals surface area contributed by atoms with Gasteiger partial charge in [-0.15, -0.1) is 11.8 Å². The summed E-state index contributed by atoms with van der Waals surface area (Å²) in [6.45, 7) is 4.86. The molecule has 0 bridgehead atoms. The number of pyridine rings is 1. The Labute approximate surface area is 267 Å². The fourth-order valence-corrected chi connectivity index (χ4v) is 6.42. The molecular weight excluding hydrogens is 590 g/mol. The van der Waals surface area contributed by atoms with Gasteiger partial charge in [-0.1, -0.05) is 67.6 Å². The number of urea groups is 1. The SMILES string of the molecule is CCNC(=O)NCc1cccc(-c2cccc([C@H]3O[C@@H](CSc4ncccc4C(=O)O)[C@@H](C)[C@@H](c4ccc(CO)cc4)O3)c2)c1. The van der Waals surface area contributed by atoms with E-state index in [0.29, 0.717) is 23.9 Å². The van der Waals surface area contributed by atoms with E-state index in [2.05, 4.69) is 22.5 Å². The number of rotatable bonds is 11. The summed E-state index contributed by atoms with van der Waals surface area (Å²) in [5, 5.41) is 25.3. The molecule has 4 N–H and O–H groups in total. The lowest BCUT2D eigenvalue weighted by atomic mass is 9.91. The third kappa shape index (κ3) is 8.09. The molecule has 0 unspecified atom stereocenters. The molecule has 0 aliphatic carbocycles. The smallest absolute Gasteiger partial charge is 0.338 e. The first-order valence-electron chi connectivity index (χ1n) is 14.9. The van der Waals surface area contributed by atoms with Crippen molar-refractivity contribution in [2.45, 2.75) is 50.5 Å². The van der Waals surface area contributed by atoms with Crippen LogP contribution in [0.2, 0.25) is 0 Å². The minimum atomic E-state index is -1.02. The van der Waals surface area contributed by atoms with Crippen molar-refractivity contribution in [2.24, 2.45) is 5.92 Å². The molecule has 9 nitrogen and oxygen atoms in total. The Morgan fingerprint density at radius 1 is 0.889 bits per heavy atom. The van der Waals surface area contributed by atoms with Crippen molar-refractivity contribution in [3.63, 3.8) is 0 Å². The van der Waals surface area contributed by atoms with Gasteiger partial charge >= 0.3 is 12.0 Å². The molecule has 4 aromatic rings. The van der Waals surface area contributed by atoms with Gasteiger partial charge in [-0.3, -0.25) is 0 Å². The first kappa shape index (κ1) is 32.2. The molecular formula is C35H37N3O6S. The van der Waals surface area contributed by atoms with E-state index in [1.54, 1.807) is 18.3 Å². The van der Waals surface area contributed by atoms with Crippen LogP contribution in [0.15, 0.2) is 96.2 Å². The van der Waals surface area contributed by atoms with E-state index >= 15 is 0 Å². The molecule has 5 rings (SSSR count). The average molecular weight is 628 g/mol. The third-order valence-electron chi connectivity index (χ3n) is 7.72. The number of carbonyl (C=O) groups is 2. The third-order valence-corrected chi connectivity index (χ3v) is 8.81. The highest BCUT2D eigenvalue weighted by Crippen LogP contribution is 2.43. The monoisotopic (exact) mass is 627 g/mol. The van der Waals surface area contributed by atoms with Crippen LogP contribution in [0.5, 0.6) is 0 Å². The van der Waals surface area contributed by atoms with Crippen LogP contribution in [0.3, 0.4) is 0 Å². The number of aliphatic hydroxyl groups is 1. The molecule has 3 aromatic carbocycles. The van der Waals surface area contributed by atoms with Crippen LogP contribution < -0.4 is 10.6 Å². The number of aliphatic hydroxyl groups excluding tert-OH is 1. The van der Waals surface area contributed by atoms with Crippen LogP contribution in [0, 0.1) is 5.92 Å². The molecule has 234 valence electrons. The Balaban J connectivity index is 1.40. The van der Waals surface area contributed by atoms with Gasteiger partial charge in [0, 0.05) is 36.5 Å². The summed E-state index contributed by atoms with van der Waals surface area (Å²) in [6, 6.07) is 26.7. The number of amides is 2. The predicted octanol–water partition coefficient (Wildman–Crippen LogP) is 6.34. The van der Waals surface area contributed by atoms with E-state index in [0.717, 1.165) is 33.4 Å². The van der Waals surface area contributed by atoms with Crippen LogP contribution in [0.4, 0.5) is 4.79 Å². The van der Waals surface area contributed by atoms with Gasteiger partial charge in [-0.25, -0.2) is 14.6 Å². The fraction of sp³-hybridized carbons (Fsp3) is 0.286. The Bertz CT molecular complexity index is 1620. The van der Waals surface area contributed by atoms with Crippen LogP contribution >= 0.6 is 11.8 Å². The van der Waals surface area contributed by atoms with Crippen LogP contribution in [0.25, 0.3) is 11.1 Å². The second kappa shape index (κ2) is 15.2. The standard InChI is InChI=1S/C35H37N3O6S/c1-3-36-35(42)38-19-24-7-4-8-26(17-24)27-9-5-10-28(18-27)34-43-30(21-45-32-29(33(40)41)11-6-16-37-32)22(2)31(44-34)25-14-12-23(20-39)13-15-25/h4-18,22,30-31,34,39H,3,19-21H2,1-2H3,(H,40,41)(H2,36,38,42)/t22-,30+,31+,34+/m1/s1. The number of aromatic carboxylic acids is 1. The maximum atomic E-state index is 11.9. The van der Waals surface area contributed by atoms with Crippen LogP contribution in [0.1, 0.15) is 58.9 Å². The first-order chi connectivity index (χ1) is 21.9. The fourth-order valence-electron chi connectivity index (χ4n) is 5.27. The van der Waals surface area contributed by atoms with Crippen molar-refractivity contribution in [3.8, 4) is 11.1 Å². The summed E-state index contributed by atoms with van der Waals surface area (Å²) in [7, 11) is 0. The second-order valence-electron chi connectivity index (χ2n) is 10.8. The van der Waals surface area contributed by atoms with E-state index in [9.17, 15) is 19.8 Å². The van der Waals surface area contributed by atoms with Gasteiger partial charge in [-0.05, 0) is 59.0 Å². The van der Waals surface area contributed by atoms with E-state index in [-0.39, 0.29) is 36.3 Å². The second-order valence-corrected chi connectivity index (χ2v) is 11.8. The van der Waals surface area contributed by atoms with Crippen molar-refractivity contribution in [2.75, 3.05) is 12.3 Å². The van der Waals surface area contributed by atoms with Gasteiger partial charge in [-0.2, -0.15) is 0 Å². The van der Waals surface area contributed by atoms with E-state index in [4.69, 9.17) is 9.47 Å². The zero-order valence-corrected chi connectivity index (χ0v) is 26.0. The highest BCUT2D eigenvalue weighted by molar-refractivity contribution is 7.99. The number of ether oxygens (including phenoxy) is 2. The topological polar surface area (TPSA) is 130 Å². The molecule has 10 heteroatoms. The lowest BCUT2D eigenvalue weighted by molar-refractivity contribution is -0.268. The Morgan fingerprint density at radius 2 is 1.64 bits per heavy atom. The molecule has 2 heterocycles. The van der Waals surface area contributed by atoms with Crippen molar-refractivity contribution in [1.82, 2.24) is 15.6 Å². The van der Waals surface area contributed by atoms with Gasteiger partial charge < -0.3 is 30.3 Å². The quantitative estimate of drug-likeness (QED) is 0.142. The van der Waals surface area contributed by atoms with Crippen LogP contribution in [-0.4, -0.2) is 45.6 Å². The molecule has 1 aromatic heterocycles. The van der Waals surface area contributed by atoms with Gasteiger partial charge in [0.25, 0.3) is 0 Å². The average Bonchev–Trinajstić information content (AvgIpc) is 3.07. The molecule has 0 spiro atoms. The van der Waals surface area contributed by atoms with E-state index < -0.39 is 12.3 Å². The molecule has 1 aliphatic rings. The number of hydrogen-bond acceptors (Lipinski definition) is 7. The summed E-state index contributed by atoms with van der Waals surface area (Å²) in [5.41, 5.74) is 5.74. The summed E-state index contributed by atoms with van der Waals surface area (Å²) in [6.07, 6.45) is 0.317. The number of carbonyl (C=O) groups excluding carboxylic acids is 1. The number of aromatic nitrogens is 1. The van der Waals surface area contributed by atoms with E-state index in [1.165, 1.54) is 11.8 Å². The number of carboxylic acid groups (broad SMARTS) is 1. The van der Waals surface area contributed by atoms with Crippen LogP contribution in [-0.2, 0) is 22.6 Å². The highest BCUT2D eigenvalue weighted by Gasteiger charge is 2.38. The van der Waals surface area contributed by atoms with Crippen molar-refractivity contribution < 1.29 is 29.3 Å². The first-order valence-corrected chi connectivity index (χ1v) is 15.9. The molecule has 1 aliphatic heterocycles. The van der Waals surface area contributed by atoms with Crippen molar-refractivity contribution in [3.05, 3.63) is 119 Å². The summed E-state index contributed by atoms with van der Waals surface area (Å²) in [4.78, 5) is 28.0. The minimum Gasteiger partial charge on any atom is -0.478 e. The number of hydrogen-bond donors (Lipinski definition) is 4. The van der Waals surface area contributed by atoms with Gasteiger partial charge in [0.05, 0.1) is 24.4 Å².